The summed E-state index contributed by atoms with van der Waals surface area (Å²) in [6, 6.07) is 23.2. The monoisotopic (exact) mass is 608 g/mol. The Morgan fingerprint density at radius 2 is 1.58 bits per heavy atom. The van der Waals surface area contributed by atoms with Crippen molar-refractivity contribution in [2.24, 2.45) is 0 Å². The van der Waals surface area contributed by atoms with E-state index >= 15 is 0 Å². The van der Waals surface area contributed by atoms with Gasteiger partial charge in [0.1, 0.15) is 6.04 Å². The Morgan fingerprint density at radius 3 is 2.30 bits per heavy atom. The molecule has 1 aliphatic rings. The Morgan fingerprint density at radius 1 is 0.884 bits per heavy atom. The predicted molar refractivity (Wildman–Crippen MR) is 154 cm³/mol. The summed E-state index contributed by atoms with van der Waals surface area (Å²) in [5.74, 6) is -0.896. The van der Waals surface area contributed by atoms with E-state index in [9.17, 15) is 31.2 Å². The lowest BCUT2D eigenvalue weighted by Crippen LogP contribution is -2.47. The van der Waals surface area contributed by atoms with Crippen LogP contribution in [0.15, 0.2) is 102 Å². The summed E-state index contributed by atoms with van der Waals surface area (Å²) in [5, 5.41) is 2.82. The average Bonchev–Trinajstić information content (AvgIpc) is 3.40. The van der Waals surface area contributed by atoms with Crippen LogP contribution in [0.1, 0.15) is 22.3 Å². The number of carbonyl (C=O) groups excluding carboxylic acids is 2. The molecule has 1 aliphatic heterocycles. The fourth-order valence-corrected chi connectivity index (χ4v) is 6.71. The highest BCUT2D eigenvalue weighted by atomic mass is 32.2. The molecule has 0 aromatic heterocycles. The van der Waals surface area contributed by atoms with E-state index in [1.54, 1.807) is 48.5 Å². The van der Waals surface area contributed by atoms with E-state index in [1.165, 1.54) is 43.5 Å². The Bertz CT molecular complexity index is 1770. The number of hydrogen-bond acceptors (Lipinski definition) is 5. The van der Waals surface area contributed by atoms with Crippen LogP contribution in [-0.4, -0.2) is 33.4 Å². The number of para-hydroxylation sites is 1. The van der Waals surface area contributed by atoms with Gasteiger partial charge in [-0.3, -0.25) is 13.9 Å². The number of hydrogen-bond donors (Lipinski definition) is 1. The van der Waals surface area contributed by atoms with Gasteiger partial charge in [-0.2, -0.15) is 13.2 Å². The Balaban J connectivity index is 1.39. The highest BCUT2D eigenvalue weighted by Gasteiger charge is 2.42. The number of amides is 1. The molecule has 43 heavy (non-hydrogen) atoms. The number of methoxy groups -OCH3 is 1. The molecule has 0 unspecified atom stereocenters. The molecule has 222 valence electrons. The van der Waals surface area contributed by atoms with Gasteiger partial charge in [0.05, 0.1) is 29.7 Å². The molecule has 11 heteroatoms. The van der Waals surface area contributed by atoms with E-state index in [-0.39, 0.29) is 24.3 Å². The fourth-order valence-electron chi connectivity index (χ4n) is 5.06. The van der Waals surface area contributed by atoms with E-state index in [0.29, 0.717) is 27.9 Å². The van der Waals surface area contributed by atoms with Crippen LogP contribution < -0.4 is 9.62 Å². The number of esters is 1. The molecule has 0 bridgehead atoms. The van der Waals surface area contributed by atoms with Gasteiger partial charge in [0.15, 0.2) is 0 Å². The van der Waals surface area contributed by atoms with Gasteiger partial charge in [0.2, 0.25) is 5.91 Å². The molecule has 0 radical (unpaired) electrons. The third-order valence-electron chi connectivity index (χ3n) is 7.20. The summed E-state index contributed by atoms with van der Waals surface area (Å²) in [7, 11) is -2.94. The first-order valence-electron chi connectivity index (χ1n) is 13.3. The number of benzene rings is 4. The number of sulfonamides is 1. The maximum atomic E-state index is 13.9. The molecule has 0 saturated heterocycles. The molecular formula is C32H27F3N2O5S. The zero-order valence-corrected chi connectivity index (χ0v) is 23.8. The molecular weight excluding hydrogens is 581 g/mol. The quantitative estimate of drug-likeness (QED) is 0.266. The third kappa shape index (κ3) is 6.41. The van der Waals surface area contributed by atoms with Crippen LogP contribution in [-0.2, 0) is 49.9 Å². The highest BCUT2D eigenvalue weighted by Crippen LogP contribution is 2.38. The molecule has 4 aromatic rings. The summed E-state index contributed by atoms with van der Waals surface area (Å²) < 4.78 is 73.3. The van der Waals surface area contributed by atoms with Crippen LogP contribution in [0.5, 0.6) is 0 Å². The van der Waals surface area contributed by atoms with Crippen LogP contribution in [0.2, 0.25) is 0 Å². The SMILES string of the molecule is COC(=O)Cc1cccc(CNC(=O)[C@@H]2Cc3ccccc3N2S(=O)(=O)c2ccc(-c3cccc(C(F)(F)F)c3)cc2)c1. The summed E-state index contributed by atoms with van der Waals surface area (Å²) in [5.41, 5.74) is 2.40. The molecule has 0 fully saturated rings. The summed E-state index contributed by atoms with van der Waals surface area (Å²) in [4.78, 5) is 25.0. The molecule has 0 spiro atoms. The largest absolute Gasteiger partial charge is 0.469 e. The van der Waals surface area contributed by atoms with E-state index in [2.05, 4.69) is 5.32 Å². The number of anilines is 1. The lowest BCUT2D eigenvalue weighted by atomic mass is 10.0. The first-order valence-corrected chi connectivity index (χ1v) is 14.7. The normalized spacial score (nSPS) is 14.7. The zero-order valence-electron chi connectivity index (χ0n) is 23.0. The van der Waals surface area contributed by atoms with E-state index in [1.807, 2.05) is 0 Å². The van der Waals surface area contributed by atoms with Crippen molar-refractivity contribution in [3.63, 3.8) is 0 Å². The number of fused-ring (bicyclic) bond motifs is 1. The van der Waals surface area contributed by atoms with Gasteiger partial charge >= 0.3 is 12.1 Å². The van der Waals surface area contributed by atoms with Crippen LogP contribution in [0.4, 0.5) is 18.9 Å². The van der Waals surface area contributed by atoms with Crippen LogP contribution >= 0.6 is 0 Å². The van der Waals surface area contributed by atoms with Crippen molar-refractivity contribution in [3.8, 4) is 11.1 Å². The van der Waals surface area contributed by atoms with Crippen LogP contribution in [0.3, 0.4) is 0 Å². The van der Waals surface area contributed by atoms with Crippen molar-refractivity contribution in [3.05, 3.63) is 119 Å². The fraction of sp³-hybridized carbons (Fsp3) is 0.188. The second-order valence-corrected chi connectivity index (χ2v) is 11.9. The number of halogens is 3. The molecule has 0 aliphatic carbocycles. The molecule has 5 rings (SSSR count). The van der Waals surface area contributed by atoms with Crippen molar-refractivity contribution in [2.45, 2.75) is 36.5 Å². The minimum atomic E-state index is -4.51. The standard InChI is InChI=1S/C32H27F3N2O5S/c1-42-30(38)17-21-6-4-7-22(16-21)20-36-31(39)29-19-25-8-2-3-11-28(25)37(29)43(40,41)27-14-12-23(13-15-27)24-9-5-10-26(18-24)32(33,34)35/h2-16,18,29H,17,19-20H2,1H3,(H,36,39)/t29-/m0/s1. The molecule has 1 N–H and O–H groups in total. The maximum Gasteiger partial charge on any atom is 0.416 e. The van der Waals surface area contributed by atoms with Gasteiger partial charge in [-0.25, -0.2) is 8.42 Å². The van der Waals surface area contributed by atoms with Gasteiger partial charge in [-0.1, -0.05) is 66.7 Å². The second kappa shape index (κ2) is 11.9. The minimum Gasteiger partial charge on any atom is -0.469 e. The Hall–Kier alpha value is -4.64. The van der Waals surface area contributed by atoms with E-state index in [0.717, 1.165) is 22.0 Å². The van der Waals surface area contributed by atoms with E-state index < -0.39 is 39.7 Å². The second-order valence-electron chi connectivity index (χ2n) is 10.0. The highest BCUT2D eigenvalue weighted by molar-refractivity contribution is 7.93. The summed E-state index contributed by atoms with van der Waals surface area (Å²) in [6.45, 7) is 0.111. The zero-order chi connectivity index (χ0) is 30.8. The number of nitrogens with zero attached hydrogens (tertiary/aromatic N) is 1. The maximum absolute atomic E-state index is 13.9. The molecule has 1 atom stereocenters. The molecule has 7 nitrogen and oxygen atoms in total. The first-order chi connectivity index (χ1) is 20.5. The van der Waals surface area contributed by atoms with Crippen molar-refractivity contribution in [2.75, 3.05) is 11.4 Å². The molecule has 4 aromatic carbocycles. The van der Waals surface area contributed by atoms with Crippen molar-refractivity contribution < 1.29 is 35.9 Å². The van der Waals surface area contributed by atoms with Crippen molar-refractivity contribution in [1.29, 1.82) is 0 Å². The number of ether oxygens (including phenoxy) is 1. The number of rotatable bonds is 8. The Kier molecular flexibility index (Phi) is 8.27. The number of alkyl halides is 3. The van der Waals surface area contributed by atoms with Gasteiger partial charge in [0.25, 0.3) is 10.0 Å². The number of nitrogens with one attached hydrogen (secondary N) is 1. The third-order valence-corrected chi connectivity index (χ3v) is 9.03. The summed E-state index contributed by atoms with van der Waals surface area (Å²) in [6.07, 6.45) is -4.27. The van der Waals surface area contributed by atoms with Gasteiger partial charge in [-0.05, 0) is 58.1 Å². The molecule has 1 heterocycles. The minimum absolute atomic E-state index is 0.0782. The van der Waals surface area contributed by atoms with Crippen LogP contribution in [0, 0.1) is 0 Å². The van der Waals surface area contributed by atoms with Crippen molar-refractivity contribution >= 4 is 27.6 Å². The van der Waals surface area contributed by atoms with Gasteiger partial charge < -0.3 is 10.1 Å². The molecule has 1 amide bonds. The first kappa shape index (κ1) is 29.8. The molecule has 0 saturated carbocycles. The average molecular weight is 609 g/mol. The lowest BCUT2D eigenvalue weighted by Gasteiger charge is -2.26. The summed E-state index contributed by atoms with van der Waals surface area (Å²) >= 11 is 0. The number of carbonyl (C=O) groups is 2. The topological polar surface area (TPSA) is 92.8 Å². The van der Waals surface area contributed by atoms with E-state index in [4.69, 9.17) is 4.74 Å². The Labute approximate surface area is 247 Å². The smallest absolute Gasteiger partial charge is 0.416 e. The van der Waals surface area contributed by atoms with Gasteiger partial charge in [-0.15, -0.1) is 0 Å². The lowest BCUT2D eigenvalue weighted by molar-refractivity contribution is -0.140. The van der Waals surface area contributed by atoms with Crippen LogP contribution in [0.25, 0.3) is 11.1 Å². The van der Waals surface area contributed by atoms with Gasteiger partial charge in [0, 0.05) is 13.0 Å². The predicted octanol–water partition coefficient (Wildman–Crippen LogP) is 5.52. The van der Waals surface area contributed by atoms with Crippen molar-refractivity contribution in [1.82, 2.24) is 5.32 Å².